The highest BCUT2D eigenvalue weighted by Crippen LogP contribution is 2.37. The van der Waals surface area contributed by atoms with Crippen LogP contribution in [0.25, 0.3) is 11.1 Å². The number of aromatic nitrogens is 2. The Morgan fingerprint density at radius 3 is 2.42 bits per heavy atom. The van der Waals surface area contributed by atoms with Crippen molar-refractivity contribution in [1.29, 1.82) is 0 Å². The Labute approximate surface area is 199 Å². The van der Waals surface area contributed by atoms with Crippen molar-refractivity contribution in [3.05, 3.63) is 107 Å². The Hall–Kier alpha value is -3.55. The van der Waals surface area contributed by atoms with Crippen molar-refractivity contribution in [3.63, 3.8) is 0 Å². The van der Waals surface area contributed by atoms with Gasteiger partial charge in [0, 0.05) is 16.7 Å². The van der Waals surface area contributed by atoms with Gasteiger partial charge in [-0.3, -0.25) is 20.1 Å². The lowest BCUT2D eigenvalue weighted by atomic mass is 9.95. The van der Waals surface area contributed by atoms with Gasteiger partial charge in [0.1, 0.15) is 6.04 Å². The highest BCUT2D eigenvalue weighted by Gasteiger charge is 2.44. The molecule has 1 fully saturated rings. The number of thioether (sulfide) groups is 1. The molecule has 6 nitrogen and oxygen atoms in total. The molecule has 0 saturated carbocycles. The van der Waals surface area contributed by atoms with E-state index in [0.717, 1.165) is 34.0 Å². The minimum atomic E-state index is -0.923. The molecular weight excluding hydrogens is 456 g/mol. The quantitative estimate of drug-likeness (QED) is 0.391. The molecule has 0 bridgehead atoms. The predicted molar refractivity (Wildman–Crippen MR) is 128 cm³/mol. The number of halogens is 1. The summed E-state index contributed by atoms with van der Waals surface area (Å²) in [6.45, 7) is 0. The number of aromatic amines is 1. The Morgan fingerprint density at radius 2 is 1.67 bits per heavy atom. The number of nitrogens with zero attached hydrogens (tertiary/aromatic N) is 2. The van der Waals surface area contributed by atoms with E-state index in [1.165, 1.54) is 5.01 Å². The maximum atomic E-state index is 13.5. The smallest absolute Gasteiger partial charge is 0.265 e. The van der Waals surface area contributed by atoms with E-state index in [1.54, 1.807) is 18.3 Å². The van der Waals surface area contributed by atoms with Gasteiger partial charge in [-0.05, 0) is 34.9 Å². The molecular formula is C25H19ClN4O2S. The number of amides is 2. The monoisotopic (exact) mass is 474 g/mol. The second-order valence-electron chi connectivity index (χ2n) is 7.54. The van der Waals surface area contributed by atoms with Gasteiger partial charge < -0.3 is 0 Å². The SMILES string of the molecule is O=C1NN(C(c2ccccc2)c2cccc(-c3cn[nH]c3)c2)C(=O)C1Sc1ccccc1Cl. The molecule has 1 aliphatic rings. The second-order valence-corrected chi connectivity index (χ2v) is 9.09. The number of nitrogens with one attached hydrogen (secondary N) is 2. The molecule has 33 heavy (non-hydrogen) atoms. The lowest BCUT2D eigenvalue weighted by molar-refractivity contribution is -0.131. The van der Waals surface area contributed by atoms with Gasteiger partial charge >= 0.3 is 0 Å². The lowest BCUT2D eigenvalue weighted by Crippen LogP contribution is -2.39. The Kier molecular flexibility index (Phi) is 5.90. The van der Waals surface area contributed by atoms with Crippen molar-refractivity contribution < 1.29 is 9.59 Å². The number of hydrogen-bond donors (Lipinski definition) is 2. The Bertz CT molecular complexity index is 1300. The topological polar surface area (TPSA) is 78.1 Å². The van der Waals surface area contributed by atoms with Crippen LogP contribution in [0.3, 0.4) is 0 Å². The maximum Gasteiger partial charge on any atom is 0.265 e. The van der Waals surface area contributed by atoms with Gasteiger partial charge in [-0.15, -0.1) is 11.8 Å². The third-order valence-electron chi connectivity index (χ3n) is 5.42. The molecule has 164 valence electrons. The number of hydrogen-bond acceptors (Lipinski definition) is 4. The molecule has 5 rings (SSSR count). The first-order valence-corrected chi connectivity index (χ1v) is 11.6. The van der Waals surface area contributed by atoms with Crippen LogP contribution in [-0.4, -0.2) is 32.3 Å². The fraction of sp³-hybridized carbons (Fsp3) is 0.0800. The summed E-state index contributed by atoms with van der Waals surface area (Å²) in [5.41, 5.74) is 6.47. The third kappa shape index (κ3) is 4.25. The summed E-state index contributed by atoms with van der Waals surface area (Å²) in [6.07, 6.45) is 3.56. The molecule has 1 aromatic heterocycles. The molecule has 3 aromatic carbocycles. The van der Waals surface area contributed by atoms with E-state index in [1.807, 2.05) is 72.9 Å². The van der Waals surface area contributed by atoms with E-state index in [2.05, 4.69) is 15.6 Å². The number of H-pyrrole nitrogens is 1. The van der Waals surface area contributed by atoms with Crippen LogP contribution < -0.4 is 5.43 Å². The van der Waals surface area contributed by atoms with E-state index < -0.39 is 11.3 Å². The molecule has 0 radical (unpaired) electrons. The second kappa shape index (κ2) is 9.13. The van der Waals surface area contributed by atoms with E-state index in [0.29, 0.717) is 9.92 Å². The molecule has 2 unspecified atom stereocenters. The van der Waals surface area contributed by atoms with E-state index >= 15 is 0 Å². The molecule has 8 heteroatoms. The number of benzene rings is 3. The van der Waals surface area contributed by atoms with Crippen LogP contribution in [-0.2, 0) is 9.59 Å². The van der Waals surface area contributed by atoms with Gasteiger partial charge in [-0.2, -0.15) is 5.10 Å². The minimum Gasteiger partial charge on any atom is -0.285 e. The van der Waals surface area contributed by atoms with Crippen LogP contribution in [0.5, 0.6) is 0 Å². The first-order chi connectivity index (χ1) is 16.1. The summed E-state index contributed by atoms with van der Waals surface area (Å²) in [5, 5.41) is 7.87. The molecule has 0 spiro atoms. The van der Waals surface area contributed by atoms with E-state index in [4.69, 9.17) is 11.6 Å². The molecule has 2 N–H and O–H groups in total. The predicted octanol–water partition coefficient (Wildman–Crippen LogP) is 4.85. The summed E-state index contributed by atoms with van der Waals surface area (Å²) in [6, 6.07) is 24.2. The summed E-state index contributed by atoms with van der Waals surface area (Å²) >= 11 is 7.43. The van der Waals surface area contributed by atoms with Crippen LogP contribution >= 0.6 is 23.4 Å². The number of carbonyl (C=O) groups is 2. The van der Waals surface area contributed by atoms with Gasteiger partial charge in [0.25, 0.3) is 11.8 Å². The highest BCUT2D eigenvalue weighted by molar-refractivity contribution is 8.01. The molecule has 1 aliphatic heterocycles. The zero-order valence-electron chi connectivity index (χ0n) is 17.3. The van der Waals surface area contributed by atoms with Crippen molar-refractivity contribution in [2.75, 3.05) is 0 Å². The van der Waals surface area contributed by atoms with Crippen molar-refractivity contribution in [1.82, 2.24) is 20.6 Å². The fourth-order valence-electron chi connectivity index (χ4n) is 3.86. The summed E-state index contributed by atoms with van der Waals surface area (Å²) < 4.78 is 0. The van der Waals surface area contributed by atoms with Crippen molar-refractivity contribution >= 4 is 35.2 Å². The maximum absolute atomic E-state index is 13.5. The summed E-state index contributed by atoms with van der Waals surface area (Å²) in [5.74, 6) is -0.677. The zero-order valence-corrected chi connectivity index (χ0v) is 18.9. The van der Waals surface area contributed by atoms with Gasteiger partial charge in [0.2, 0.25) is 0 Å². The van der Waals surface area contributed by atoms with Gasteiger partial charge in [-0.25, -0.2) is 5.01 Å². The normalized spacial score (nSPS) is 16.6. The summed E-state index contributed by atoms with van der Waals surface area (Å²) in [4.78, 5) is 27.1. The lowest BCUT2D eigenvalue weighted by Gasteiger charge is -2.28. The van der Waals surface area contributed by atoms with Crippen molar-refractivity contribution in [2.24, 2.45) is 0 Å². The Morgan fingerprint density at radius 1 is 0.909 bits per heavy atom. The van der Waals surface area contributed by atoms with Crippen LogP contribution in [0.1, 0.15) is 17.2 Å². The average Bonchev–Trinajstić information content (AvgIpc) is 3.47. The van der Waals surface area contributed by atoms with Gasteiger partial charge in [0.15, 0.2) is 5.25 Å². The number of hydrazine groups is 1. The summed E-state index contributed by atoms with van der Waals surface area (Å²) in [7, 11) is 0. The standard InChI is InChI=1S/C25H19ClN4O2S/c26-20-11-4-5-12-21(20)33-23-24(31)29-30(25(23)32)22(16-7-2-1-3-8-16)18-10-6-9-17(13-18)19-14-27-28-15-19/h1-15,22-23H,(H,27,28)(H,29,31). The molecule has 2 heterocycles. The first kappa shape index (κ1) is 21.3. The highest BCUT2D eigenvalue weighted by atomic mass is 35.5. The van der Waals surface area contributed by atoms with Crippen LogP contribution in [0.2, 0.25) is 5.02 Å². The van der Waals surface area contributed by atoms with Gasteiger partial charge in [-0.1, -0.05) is 72.3 Å². The van der Waals surface area contributed by atoms with Crippen LogP contribution in [0, 0.1) is 0 Å². The number of carbonyl (C=O) groups excluding carboxylic acids is 2. The van der Waals surface area contributed by atoms with Crippen molar-refractivity contribution in [3.8, 4) is 11.1 Å². The van der Waals surface area contributed by atoms with E-state index in [-0.39, 0.29) is 11.8 Å². The average molecular weight is 475 g/mol. The molecule has 2 atom stereocenters. The number of rotatable bonds is 6. The van der Waals surface area contributed by atoms with Crippen molar-refractivity contribution in [2.45, 2.75) is 16.2 Å². The van der Waals surface area contributed by atoms with Gasteiger partial charge in [0.05, 0.1) is 11.2 Å². The fourth-order valence-corrected chi connectivity index (χ4v) is 5.09. The minimum absolute atomic E-state index is 0.313. The molecule has 2 amide bonds. The zero-order chi connectivity index (χ0) is 22.8. The molecule has 0 aliphatic carbocycles. The molecule has 1 saturated heterocycles. The molecule has 4 aromatic rings. The van der Waals surface area contributed by atoms with Crippen LogP contribution in [0.4, 0.5) is 0 Å². The third-order valence-corrected chi connectivity index (χ3v) is 7.12. The van der Waals surface area contributed by atoms with E-state index in [9.17, 15) is 9.59 Å². The largest absolute Gasteiger partial charge is 0.285 e. The van der Waals surface area contributed by atoms with Crippen LogP contribution in [0.15, 0.2) is 96.2 Å². The first-order valence-electron chi connectivity index (χ1n) is 10.3. The Balaban J connectivity index is 1.52.